The van der Waals surface area contributed by atoms with Gasteiger partial charge in [0.2, 0.25) is 5.91 Å². The number of hydrogen-bond donors (Lipinski definition) is 2. The molecule has 0 saturated carbocycles. The Bertz CT molecular complexity index is 781. The summed E-state index contributed by atoms with van der Waals surface area (Å²) < 4.78 is 0. The van der Waals surface area contributed by atoms with Crippen LogP contribution in [0.15, 0.2) is 29.2 Å². The highest BCUT2D eigenvalue weighted by Crippen LogP contribution is 2.26. The minimum atomic E-state index is -0.195. The van der Waals surface area contributed by atoms with Crippen LogP contribution in [0, 0.1) is 0 Å². The number of piperazine rings is 1. The predicted molar refractivity (Wildman–Crippen MR) is 92.1 cm³/mol. The molecule has 0 spiro atoms. The van der Waals surface area contributed by atoms with E-state index in [2.05, 4.69) is 27.1 Å². The van der Waals surface area contributed by atoms with E-state index in [1.807, 2.05) is 0 Å². The lowest BCUT2D eigenvalue weighted by atomic mass is 10.1. The number of amides is 1. The number of rotatable bonds is 3. The number of hydrogen-bond acceptors (Lipinski definition) is 4. The van der Waals surface area contributed by atoms with Gasteiger partial charge in [0.1, 0.15) is 0 Å². The molecule has 23 heavy (non-hydrogen) atoms. The maximum Gasteiger partial charge on any atom is 0.255 e. The number of fused-ring (bicyclic) bond motifs is 1. The van der Waals surface area contributed by atoms with Gasteiger partial charge in [-0.3, -0.25) is 14.5 Å². The van der Waals surface area contributed by atoms with Gasteiger partial charge in [0.05, 0.1) is 17.3 Å². The quantitative estimate of drug-likeness (QED) is 0.889. The molecule has 7 heteroatoms. The Hall–Kier alpha value is -1.89. The van der Waals surface area contributed by atoms with Gasteiger partial charge in [0.25, 0.3) is 5.56 Å². The Balaban J connectivity index is 1.72. The summed E-state index contributed by atoms with van der Waals surface area (Å²) in [6, 6.07) is 5.10. The smallest absolute Gasteiger partial charge is 0.255 e. The third kappa shape index (κ3) is 3.72. The zero-order valence-electron chi connectivity index (χ0n) is 12.9. The first-order chi connectivity index (χ1) is 11.0. The highest BCUT2D eigenvalue weighted by Gasteiger charge is 2.17. The fourth-order valence-corrected chi connectivity index (χ4v) is 2.91. The van der Waals surface area contributed by atoms with Crippen LogP contribution in [0.4, 0.5) is 5.69 Å². The average Bonchev–Trinajstić information content (AvgIpc) is 2.51. The van der Waals surface area contributed by atoms with Gasteiger partial charge in [-0.1, -0.05) is 11.6 Å². The zero-order valence-corrected chi connectivity index (χ0v) is 13.7. The Morgan fingerprint density at radius 1 is 1.30 bits per heavy atom. The van der Waals surface area contributed by atoms with E-state index in [-0.39, 0.29) is 11.5 Å². The first-order valence-corrected chi connectivity index (χ1v) is 7.92. The summed E-state index contributed by atoms with van der Waals surface area (Å²) >= 11 is 6.19. The van der Waals surface area contributed by atoms with Crippen molar-refractivity contribution in [3.05, 3.63) is 39.8 Å². The van der Waals surface area contributed by atoms with Crippen LogP contribution in [0.5, 0.6) is 0 Å². The number of carbonyl (C=O) groups is 1. The van der Waals surface area contributed by atoms with Crippen LogP contribution in [0.3, 0.4) is 0 Å². The number of anilines is 1. The summed E-state index contributed by atoms with van der Waals surface area (Å²) in [5.74, 6) is -0.0966. The second-order valence-corrected chi connectivity index (χ2v) is 6.26. The van der Waals surface area contributed by atoms with Crippen molar-refractivity contribution in [1.29, 1.82) is 0 Å². The van der Waals surface area contributed by atoms with Crippen molar-refractivity contribution in [3.63, 3.8) is 0 Å². The standard InChI is InChI=1S/C16H19ClN4O2/c1-20-4-6-21(7-5-20)10-15(22)19-14-8-11-2-3-18-16(23)12(11)9-13(14)17/h2-3,8-9H,4-7,10H2,1H3,(H,18,23)(H,19,22). The number of H-pyrrole nitrogens is 1. The number of halogens is 1. The van der Waals surface area contributed by atoms with Crippen molar-refractivity contribution < 1.29 is 4.79 Å². The van der Waals surface area contributed by atoms with Gasteiger partial charge in [-0.25, -0.2) is 0 Å². The third-order valence-electron chi connectivity index (χ3n) is 4.10. The minimum Gasteiger partial charge on any atom is -0.329 e. The van der Waals surface area contributed by atoms with Crippen LogP contribution < -0.4 is 10.9 Å². The SMILES string of the molecule is CN1CCN(CC(=O)Nc2cc3cc[nH]c(=O)c3cc2Cl)CC1. The van der Waals surface area contributed by atoms with Crippen LogP contribution >= 0.6 is 11.6 Å². The number of likely N-dealkylation sites (N-methyl/N-ethyl adjacent to an activating group) is 1. The van der Waals surface area contributed by atoms with Gasteiger partial charge in [-0.15, -0.1) is 0 Å². The van der Waals surface area contributed by atoms with Crippen LogP contribution in [-0.2, 0) is 4.79 Å². The molecule has 1 amide bonds. The van der Waals surface area contributed by atoms with E-state index in [1.54, 1.807) is 24.4 Å². The van der Waals surface area contributed by atoms with Crippen molar-refractivity contribution >= 4 is 34.0 Å². The van der Waals surface area contributed by atoms with Gasteiger partial charge in [-0.05, 0) is 30.6 Å². The number of benzene rings is 1. The fraction of sp³-hybridized carbons (Fsp3) is 0.375. The van der Waals surface area contributed by atoms with E-state index < -0.39 is 0 Å². The zero-order chi connectivity index (χ0) is 16.4. The molecule has 2 heterocycles. The van der Waals surface area contributed by atoms with E-state index in [4.69, 9.17) is 11.6 Å². The first-order valence-electron chi connectivity index (χ1n) is 7.54. The normalized spacial score (nSPS) is 16.6. The molecule has 0 bridgehead atoms. The second kappa shape index (κ2) is 6.70. The molecule has 1 saturated heterocycles. The van der Waals surface area contributed by atoms with Crippen LogP contribution in [0.25, 0.3) is 10.8 Å². The number of pyridine rings is 1. The summed E-state index contributed by atoms with van der Waals surface area (Å²) in [6.07, 6.45) is 1.58. The van der Waals surface area contributed by atoms with Crippen molar-refractivity contribution in [3.8, 4) is 0 Å². The highest BCUT2D eigenvalue weighted by atomic mass is 35.5. The minimum absolute atomic E-state index is 0.0966. The molecule has 2 N–H and O–H groups in total. The molecule has 2 aromatic rings. The van der Waals surface area contributed by atoms with E-state index >= 15 is 0 Å². The summed E-state index contributed by atoms with van der Waals surface area (Å²) in [5, 5.41) is 4.46. The van der Waals surface area contributed by atoms with Gasteiger partial charge < -0.3 is 15.2 Å². The van der Waals surface area contributed by atoms with Crippen molar-refractivity contribution in [1.82, 2.24) is 14.8 Å². The number of aromatic nitrogens is 1. The van der Waals surface area contributed by atoms with Gasteiger partial charge in [-0.2, -0.15) is 0 Å². The summed E-state index contributed by atoms with van der Waals surface area (Å²) in [7, 11) is 2.08. The average molecular weight is 335 g/mol. The second-order valence-electron chi connectivity index (χ2n) is 5.85. The Morgan fingerprint density at radius 3 is 2.78 bits per heavy atom. The molecule has 0 unspecified atom stereocenters. The third-order valence-corrected chi connectivity index (χ3v) is 4.41. The van der Waals surface area contributed by atoms with Gasteiger partial charge in [0.15, 0.2) is 0 Å². The number of aromatic amines is 1. The van der Waals surface area contributed by atoms with Crippen molar-refractivity contribution in [2.24, 2.45) is 0 Å². The molecule has 1 aliphatic heterocycles. The van der Waals surface area contributed by atoms with Gasteiger partial charge >= 0.3 is 0 Å². The number of nitrogens with zero attached hydrogens (tertiary/aromatic N) is 2. The largest absolute Gasteiger partial charge is 0.329 e. The molecule has 1 aromatic carbocycles. The Labute approximate surface area is 139 Å². The molecule has 0 atom stereocenters. The van der Waals surface area contributed by atoms with Crippen molar-refractivity contribution in [2.45, 2.75) is 0 Å². The Kier molecular flexibility index (Phi) is 4.66. The first kappa shape index (κ1) is 16.0. The summed E-state index contributed by atoms with van der Waals surface area (Å²) in [4.78, 5) is 30.9. The topological polar surface area (TPSA) is 68.4 Å². The van der Waals surface area contributed by atoms with E-state index in [0.29, 0.717) is 22.6 Å². The lowest BCUT2D eigenvalue weighted by Gasteiger charge is -2.31. The maximum absolute atomic E-state index is 12.2. The molecule has 3 rings (SSSR count). The van der Waals surface area contributed by atoms with Crippen LogP contribution in [-0.4, -0.2) is 60.5 Å². The maximum atomic E-state index is 12.2. The Morgan fingerprint density at radius 2 is 2.04 bits per heavy atom. The van der Waals surface area contributed by atoms with E-state index in [9.17, 15) is 9.59 Å². The van der Waals surface area contributed by atoms with Gasteiger partial charge in [0, 0.05) is 37.8 Å². The molecule has 0 aliphatic carbocycles. The predicted octanol–water partition coefficient (Wildman–Crippen LogP) is 1.37. The molecule has 1 aliphatic rings. The van der Waals surface area contributed by atoms with E-state index in [0.717, 1.165) is 31.6 Å². The highest BCUT2D eigenvalue weighted by molar-refractivity contribution is 6.34. The van der Waals surface area contributed by atoms with Crippen LogP contribution in [0.1, 0.15) is 0 Å². The summed E-state index contributed by atoms with van der Waals surface area (Å²) in [6.45, 7) is 4.03. The molecule has 1 aromatic heterocycles. The fourth-order valence-electron chi connectivity index (χ4n) is 2.70. The monoisotopic (exact) mass is 334 g/mol. The molecule has 122 valence electrons. The molecular formula is C16H19ClN4O2. The lowest BCUT2D eigenvalue weighted by molar-refractivity contribution is -0.117. The molecule has 1 fully saturated rings. The molecule has 0 radical (unpaired) electrons. The molecule has 6 nitrogen and oxygen atoms in total. The van der Waals surface area contributed by atoms with Crippen LogP contribution in [0.2, 0.25) is 5.02 Å². The number of carbonyl (C=O) groups excluding carboxylic acids is 1. The summed E-state index contributed by atoms with van der Waals surface area (Å²) in [5.41, 5.74) is 0.337. The molecular weight excluding hydrogens is 316 g/mol. The lowest BCUT2D eigenvalue weighted by Crippen LogP contribution is -2.47. The van der Waals surface area contributed by atoms with Crippen molar-refractivity contribution in [2.75, 3.05) is 45.1 Å². The number of nitrogens with one attached hydrogen (secondary N) is 2. The van der Waals surface area contributed by atoms with E-state index in [1.165, 1.54) is 0 Å².